The molecule has 0 aromatic rings. The van der Waals surface area contributed by atoms with Crippen molar-refractivity contribution in [3.63, 3.8) is 0 Å². The molecule has 0 aliphatic carbocycles. The van der Waals surface area contributed by atoms with Crippen LogP contribution in [-0.2, 0) is 14.3 Å². The zero-order valence-corrected chi connectivity index (χ0v) is 34.0. The number of nitrogens with one attached hydrogen (secondary N) is 1. The number of allylic oxidation sites excluding steroid dienone is 7. The summed E-state index contributed by atoms with van der Waals surface area (Å²) in [5.41, 5.74) is 0. The van der Waals surface area contributed by atoms with Gasteiger partial charge in [-0.2, -0.15) is 0 Å². The van der Waals surface area contributed by atoms with Gasteiger partial charge in [0, 0.05) is 12.8 Å². The standard InChI is InChI=1S/C46H83NO5/c1-3-5-7-9-11-13-18-22-26-30-34-38-44(49)43(42-48)47-45(50)39-35-31-27-23-20-16-15-17-21-25-29-33-37-41-52-46(51)40-36-32-28-24-19-14-12-10-8-6-4-2/h10,12,16,20,27,31,34,38,43-44,48-49H,3-9,11,13-15,17-19,21-26,28-30,32-33,35-37,39-42H2,1-2H3,(H,47,50)/b12-10-,20-16-,31-27-,38-34+. The molecule has 1 amide bonds. The highest BCUT2D eigenvalue weighted by Crippen LogP contribution is 2.12. The largest absolute Gasteiger partial charge is 0.466 e. The van der Waals surface area contributed by atoms with E-state index in [0.717, 1.165) is 51.4 Å². The molecular weight excluding hydrogens is 647 g/mol. The molecule has 0 saturated carbocycles. The van der Waals surface area contributed by atoms with E-state index in [9.17, 15) is 19.8 Å². The lowest BCUT2D eigenvalue weighted by Crippen LogP contribution is -2.45. The third-order valence-electron chi connectivity index (χ3n) is 9.58. The van der Waals surface area contributed by atoms with Gasteiger partial charge in [0.05, 0.1) is 25.4 Å². The second-order valence-corrected chi connectivity index (χ2v) is 14.7. The Morgan fingerprint density at radius 2 is 1.00 bits per heavy atom. The molecule has 0 aliphatic rings. The van der Waals surface area contributed by atoms with Crippen molar-refractivity contribution >= 4 is 11.9 Å². The molecule has 0 fully saturated rings. The average molecular weight is 730 g/mol. The monoisotopic (exact) mass is 730 g/mol. The Balaban J connectivity index is 3.63. The van der Waals surface area contributed by atoms with Crippen molar-refractivity contribution in [2.45, 2.75) is 219 Å². The van der Waals surface area contributed by atoms with Gasteiger partial charge in [-0.15, -0.1) is 0 Å². The van der Waals surface area contributed by atoms with Gasteiger partial charge in [-0.1, -0.05) is 172 Å². The average Bonchev–Trinajstić information content (AvgIpc) is 3.14. The van der Waals surface area contributed by atoms with Gasteiger partial charge in [-0.25, -0.2) is 0 Å². The van der Waals surface area contributed by atoms with Crippen LogP contribution in [0.4, 0.5) is 0 Å². The third kappa shape index (κ3) is 37.6. The zero-order valence-electron chi connectivity index (χ0n) is 34.0. The summed E-state index contributed by atoms with van der Waals surface area (Å²) >= 11 is 0. The molecule has 6 heteroatoms. The van der Waals surface area contributed by atoms with Crippen LogP contribution in [-0.4, -0.2) is 47.4 Å². The van der Waals surface area contributed by atoms with Crippen LogP contribution in [0.2, 0.25) is 0 Å². The SMILES string of the molecule is CCCC/C=C\CCCCCCCC(=O)OCCCCCCCC/C=C\C/C=C\CCC(=O)NC(CO)C(O)/C=C/CCCCCCCCCCC. The number of unbranched alkanes of at least 4 members (excludes halogenated alkanes) is 22. The van der Waals surface area contributed by atoms with Crippen molar-refractivity contribution in [3.8, 4) is 0 Å². The third-order valence-corrected chi connectivity index (χ3v) is 9.58. The fraction of sp³-hybridized carbons (Fsp3) is 0.783. The lowest BCUT2D eigenvalue weighted by Gasteiger charge is -2.19. The van der Waals surface area contributed by atoms with E-state index in [0.29, 0.717) is 25.9 Å². The van der Waals surface area contributed by atoms with Crippen LogP contribution in [0.5, 0.6) is 0 Å². The van der Waals surface area contributed by atoms with Crippen molar-refractivity contribution in [1.82, 2.24) is 5.32 Å². The maximum absolute atomic E-state index is 12.3. The van der Waals surface area contributed by atoms with Gasteiger partial charge in [0.25, 0.3) is 0 Å². The van der Waals surface area contributed by atoms with Crippen molar-refractivity contribution in [2.75, 3.05) is 13.2 Å². The van der Waals surface area contributed by atoms with E-state index >= 15 is 0 Å². The molecular formula is C46H83NO5. The Labute approximate surface area is 321 Å². The minimum atomic E-state index is -0.878. The molecule has 2 atom stereocenters. The number of carbonyl (C=O) groups excluding carboxylic acids is 2. The fourth-order valence-electron chi connectivity index (χ4n) is 6.13. The summed E-state index contributed by atoms with van der Waals surface area (Å²) in [6.45, 7) is 4.75. The molecule has 0 aromatic heterocycles. The number of hydrogen-bond acceptors (Lipinski definition) is 5. The van der Waals surface area contributed by atoms with Gasteiger partial charge in [-0.05, 0) is 70.6 Å². The van der Waals surface area contributed by atoms with E-state index in [2.05, 4.69) is 49.5 Å². The van der Waals surface area contributed by atoms with E-state index in [1.165, 1.54) is 122 Å². The topological polar surface area (TPSA) is 95.9 Å². The molecule has 0 heterocycles. The Bertz CT molecular complexity index is 895. The Morgan fingerprint density at radius 3 is 1.58 bits per heavy atom. The van der Waals surface area contributed by atoms with E-state index < -0.39 is 12.1 Å². The van der Waals surface area contributed by atoms with E-state index in [1.807, 2.05) is 12.2 Å². The molecule has 52 heavy (non-hydrogen) atoms. The second-order valence-electron chi connectivity index (χ2n) is 14.7. The van der Waals surface area contributed by atoms with Crippen molar-refractivity contribution in [3.05, 3.63) is 48.6 Å². The molecule has 0 saturated heterocycles. The molecule has 302 valence electrons. The van der Waals surface area contributed by atoms with Crippen LogP contribution in [0, 0.1) is 0 Å². The van der Waals surface area contributed by atoms with Gasteiger partial charge >= 0.3 is 5.97 Å². The van der Waals surface area contributed by atoms with E-state index in [1.54, 1.807) is 6.08 Å². The molecule has 6 nitrogen and oxygen atoms in total. The lowest BCUT2D eigenvalue weighted by atomic mass is 10.1. The number of hydrogen-bond donors (Lipinski definition) is 3. The number of esters is 1. The number of ether oxygens (including phenoxy) is 1. The van der Waals surface area contributed by atoms with Crippen LogP contribution in [0.1, 0.15) is 206 Å². The second kappa shape index (κ2) is 41.6. The number of amides is 1. The molecule has 0 rings (SSSR count). The van der Waals surface area contributed by atoms with Crippen LogP contribution < -0.4 is 5.32 Å². The highest BCUT2D eigenvalue weighted by molar-refractivity contribution is 5.76. The quantitative estimate of drug-likeness (QED) is 0.0332. The minimum Gasteiger partial charge on any atom is -0.466 e. The van der Waals surface area contributed by atoms with Crippen molar-refractivity contribution < 1.29 is 24.5 Å². The highest BCUT2D eigenvalue weighted by atomic mass is 16.5. The zero-order chi connectivity index (χ0) is 38.0. The van der Waals surface area contributed by atoms with Gasteiger partial charge in [0.2, 0.25) is 5.91 Å². The Morgan fingerprint density at radius 1 is 0.538 bits per heavy atom. The Kier molecular flexibility index (Phi) is 39.8. The maximum Gasteiger partial charge on any atom is 0.305 e. The summed E-state index contributed by atoms with van der Waals surface area (Å²) in [6.07, 6.45) is 49.6. The number of aliphatic hydroxyl groups excluding tert-OH is 2. The Hall–Kier alpha value is -2.18. The molecule has 0 spiro atoms. The molecule has 0 aliphatic heterocycles. The van der Waals surface area contributed by atoms with Crippen LogP contribution in [0.15, 0.2) is 48.6 Å². The van der Waals surface area contributed by atoms with Crippen LogP contribution in [0.25, 0.3) is 0 Å². The number of carbonyl (C=O) groups is 2. The summed E-state index contributed by atoms with van der Waals surface area (Å²) in [5.74, 6) is -0.184. The fourth-order valence-corrected chi connectivity index (χ4v) is 6.13. The van der Waals surface area contributed by atoms with E-state index in [-0.39, 0.29) is 18.5 Å². The van der Waals surface area contributed by atoms with Gasteiger partial charge in [-0.3, -0.25) is 9.59 Å². The summed E-state index contributed by atoms with van der Waals surface area (Å²) < 4.78 is 5.41. The normalized spacial score (nSPS) is 13.2. The summed E-state index contributed by atoms with van der Waals surface area (Å²) in [5, 5.41) is 22.8. The first-order valence-corrected chi connectivity index (χ1v) is 21.9. The first-order chi connectivity index (χ1) is 25.5. The van der Waals surface area contributed by atoms with Gasteiger partial charge in [0.15, 0.2) is 0 Å². The lowest BCUT2D eigenvalue weighted by molar-refractivity contribution is -0.143. The summed E-state index contributed by atoms with van der Waals surface area (Å²) in [6, 6.07) is -0.670. The predicted octanol–water partition coefficient (Wildman–Crippen LogP) is 12.3. The summed E-state index contributed by atoms with van der Waals surface area (Å²) in [4.78, 5) is 24.2. The smallest absolute Gasteiger partial charge is 0.305 e. The van der Waals surface area contributed by atoms with Crippen molar-refractivity contribution in [1.29, 1.82) is 0 Å². The predicted molar refractivity (Wildman–Crippen MR) is 222 cm³/mol. The number of aliphatic hydroxyl groups is 2. The molecule has 0 aromatic carbocycles. The first kappa shape index (κ1) is 49.8. The molecule has 0 radical (unpaired) electrons. The number of rotatable bonds is 39. The minimum absolute atomic E-state index is 0.0313. The van der Waals surface area contributed by atoms with Gasteiger partial charge < -0.3 is 20.3 Å². The van der Waals surface area contributed by atoms with Gasteiger partial charge in [0.1, 0.15) is 0 Å². The summed E-state index contributed by atoms with van der Waals surface area (Å²) in [7, 11) is 0. The van der Waals surface area contributed by atoms with Crippen LogP contribution in [0.3, 0.4) is 0 Å². The molecule has 3 N–H and O–H groups in total. The van der Waals surface area contributed by atoms with Crippen molar-refractivity contribution in [2.24, 2.45) is 0 Å². The van der Waals surface area contributed by atoms with Crippen LogP contribution >= 0.6 is 0 Å². The first-order valence-electron chi connectivity index (χ1n) is 21.9. The van der Waals surface area contributed by atoms with E-state index in [4.69, 9.17) is 4.74 Å². The molecule has 2 unspecified atom stereocenters. The highest BCUT2D eigenvalue weighted by Gasteiger charge is 2.17. The maximum atomic E-state index is 12.3. The molecule has 0 bridgehead atoms.